The Morgan fingerprint density at radius 3 is 2.75 bits per heavy atom. The van der Waals surface area contributed by atoms with Crippen LogP contribution in [0.25, 0.3) is 0 Å². The first-order valence-corrected chi connectivity index (χ1v) is 8.27. The van der Waals surface area contributed by atoms with E-state index in [4.69, 9.17) is 14.2 Å². The van der Waals surface area contributed by atoms with Crippen molar-refractivity contribution in [1.29, 1.82) is 0 Å². The van der Waals surface area contributed by atoms with Crippen LogP contribution in [0.2, 0.25) is 0 Å². The third-order valence-corrected chi connectivity index (χ3v) is 3.90. The van der Waals surface area contributed by atoms with Crippen LogP contribution in [-0.2, 0) is 4.74 Å². The number of hydrogen-bond donors (Lipinski definition) is 2. The molecule has 1 saturated heterocycles. The standard InChI is InChI=1S/C19H23NO4/c1-2-22-16-9-8-15(21)12-17(16)24-19(14-6-4-3-5-7-14)18-13-20-10-11-23-18/h3-9,12,18-21H,2,10-11,13H2,1H3. The molecular weight excluding hydrogens is 306 g/mol. The number of rotatable bonds is 6. The minimum absolute atomic E-state index is 0.113. The number of phenolic OH excluding ortho intramolecular Hbond substituents is 1. The van der Waals surface area contributed by atoms with E-state index < -0.39 is 0 Å². The summed E-state index contributed by atoms with van der Waals surface area (Å²) < 4.78 is 17.8. The van der Waals surface area contributed by atoms with Crippen molar-refractivity contribution in [3.8, 4) is 17.2 Å². The lowest BCUT2D eigenvalue weighted by atomic mass is 10.0. The first kappa shape index (κ1) is 16.6. The average Bonchev–Trinajstić information content (AvgIpc) is 2.63. The molecule has 1 fully saturated rings. The summed E-state index contributed by atoms with van der Waals surface area (Å²) in [5.74, 6) is 1.27. The van der Waals surface area contributed by atoms with Gasteiger partial charge in [-0.1, -0.05) is 30.3 Å². The smallest absolute Gasteiger partial charge is 0.165 e. The molecule has 1 aliphatic heterocycles. The van der Waals surface area contributed by atoms with E-state index in [9.17, 15) is 5.11 Å². The van der Waals surface area contributed by atoms with Gasteiger partial charge in [-0.05, 0) is 24.6 Å². The van der Waals surface area contributed by atoms with Crippen molar-refractivity contribution >= 4 is 0 Å². The molecule has 2 atom stereocenters. The zero-order valence-electron chi connectivity index (χ0n) is 13.8. The summed E-state index contributed by atoms with van der Waals surface area (Å²) >= 11 is 0. The van der Waals surface area contributed by atoms with E-state index in [1.165, 1.54) is 0 Å². The molecule has 0 aromatic heterocycles. The number of morpholine rings is 1. The lowest BCUT2D eigenvalue weighted by molar-refractivity contribution is -0.0439. The Balaban J connectivity index is 1.90. The average molecular weight is 329 g/mol. The highest BCUT2D eigenvalue weighted by Crippen LogP contribution is 2.36. The number of benzene rings is 2. The van der Waals surface area contributed by atoms with Crippen LogP contribution < -0.4 is 14.8 Å². The highest BCUT2D eigenvalue weighted by molar-refractivity contribution is 5.45. The van der Waals surface area contributed by atoms with Crippen LogP contribution >= 0.6 is 0 Å². The number of hydrogen-bond acceptors (Lipinski definition) is 5. The van der Waals surface area contributed by atoms with Crippen LogP contribution in [0.1, 0.15) is 18.6 Å². The molecule has 0 radical (unpaired) electrons. The van der Waals surface area contributed by atoms with Crippen LogP contribution in [0.5, 0.6) is 17.2 Å². The minimum Gasteiger partial charge on any atom is -0.508 e. The predicted octanol–water partition coefficient (Wildman–Crippen LogP) is 2.90. The predicted molar refractivity (Wildman–Crippen MR) is 91.7 cm³/mol. The van der Waals surface area contributed by atoms with Crippen molar-refractivity contribution in [3.63, 3.8) is 0 Å². The molecule has 24 heavy (non-hydrogen) atoms. The molecule has 1 aliphatic rings. The Labute approximate surface area is 142 Å². The van der Waals surface area contributed by atoms with Gasteiger partial charge in [0.15, 0.2) is 17.6 Å². The van der Waals surface area contributed by atoms with Gasteiger partial charge in [-0.25, -0.2) is 0 Å². The van der Waals surface area contributed by atoms with Gasteiger partial charge in [0.05, 0.1) is 13.2 Å². The van der Waals surface area contributed by atoms with Gasteiger partial charge in [0.2, 0.25) is 0 Å². The molecule has 0 bridgehead atoms. The van der Waals surface area contributed by atoms with Crippen LogP contribution in [-0.4, -0.2) is 37.5 Å². The second-order valence-corrected chi connectivity index (χ2v) is 5.63. The maximum Gasteiger partial charge on any atom is 0.165 e. The molecule has 128 valence electrons. The third kappa shape index (κ3) is 3.99. The van der Waals surface area contributed by atoms with E-state index in [2.05, 4.69) is 5.32 Å². The van der Waals surface area contributed by atoms with Crippen molar-refractivity contribution < 1.29 is 19.3 Å². The molecule has 3 rings (SSSR count). The summed E-state index contributed by atoms with van der Waals surface area (Å²) in [5, 5.41) is 13.2. The Hall–Kier alpha value is -2.24. The van der Waals surface area contributed by atoms with Crippen LogP contribution in [0.3, 0.4) is 0 Å². The van der Waals surface area contributed by atoms with Gasteiger partial charge in [-0.3, -0.25) is 0 Å². The van der Waals surface area contributed by atoms with Gasteiger partial charge in [0.1, 0.15) is 11.9 Å². The van der Waals surface area contributed by atoms with Crippen LogP contribution in [0.4, 0.5) is 0 Å². The molecular formula is C19H23NO4. The molecule has 2 aromatic rings. The fourth-order valence-electron chi connectivity index (χ4n) is 2.78. The normalized spacial score (nSPS) is 18.8. The number of phenols is 1. The fourth-order valence-corrected chi connectivity index (χ4v) is 2.78. The summed E-state index contributed by atoms with van der Waals surface area (Å²) in [4.78, 5) is 0. The summed E-state index contributed by atoms with van der Waals surface area (Å²) in [5.41, 5.74) is 1.02. The molecule has 2 aromatic carbocycles. The molecule has 2 N–H and O–H groups in total. The van der Waals surface area contributed by atoms with Gasteiger partial charge in [-0.15, -0.1) is 0 Å². The number of ether oxygens (including phenoxy) is 3. The third-order valence-electron chi connectivity index (χ3n) is 3.90. The first-order chi connectivity index (χ1) is 11.8. The summed E-state index contributed by atoms with van der Waals surface area (Å²) in [6.45, 7) is 4.64. The lowest BCUT2D eigenvalue weighted by Crippen LogP contribution is -2.43. The summed E-state index contributed by atoms with van der Waals surface area (Å²) in [7, 11) is 0. The van der Waals surface area contributed by atoms with Gasteiger partial charge in [-0.2, -0.15) is 0 Å². The second kappa shape index (κ2) is 8.04. The maximum atomic E-state index is 9.82. The molecule has 5 nitrogen and oxygen atoms in total. The van der Waals surface area contributed by atoms with Gasteiger partial charge in [0, 0.05) is 19.2 Å². The van der Waals surface area contributed by atoms with Crippen molar-refractivity contribution in [2.75, 3.05) is 26.3 Å². The zero-order chi connectivity index (χ0) is 16.8. The van der Waals surface area contributed by atoms with E-state index >= 15 is 0 Å². The number of nitrogens with one attached hydrogen (secondary N) is 1. The van der Waals surface area contributed by atoms with E-state index in [0.29, 0.717) is 31.3 Å². The molecule has 0 spiro atoms. The Morgan fingerprint density at radius 1 is 1.21 bits per heavy atom. The fraction of sp³-hybridized carbons (Fsp3) is 0.368. The van der Waals surface area contributed by atoms with Crippen molar-refractivity contribution in [2.24, 2.45) is 0 Å². The topological polar surface area (TPSA) is 60.0 Å². The first-order valence-electron chi connectivity index (χ1n) is 8.27. The van der Waals surface area contributed by atoms with Crippen molar-refractivity contribution in [3.05, 3.63) is 54.1 Å². The van der Waals surface area contributed by atoms with Crippen LogP contribution in [0, 0.1) is 0 Å². The van der Waals surface area contributed by atoms with E-state index in [1.807, 2.05) is 37.3 Å². The summed E-state index contributed by atoms with van der Waals surface area (Å²) in [6, 6.07) is 14.9. The van der Waals surface area contributed by atoms with E-state index in [-0.39, 0.29) is 18.0 Å². The molecule has 0 aliphatic carbocycles. The van der Waals surface area contributed by atoms with E-state index in [0.717, 1.165) is 12.1 Å². The Bertz CT molecular complexity index is 641. The van der Waals surface area contributed by atoms with Gasteiger partial charge >= 0.3 is 0 Å². The molecule has 5 heteroatoms. The maximum absolute atomic E-state index is 9.82. The lowest BCUT2D eigenvalue weighted by Gasteiger charge is -2.32. The monoisotopic (exact) mass is 329 g/mol. The van der Waals surface area contributed by atoms with Gasteiger partial charge in [0.25, 0.3) is 0 Å². The quantitative estimate of drug-likeness (QED) is 0.853. The van der Waals surface area contributed by atoms with Crippen molar-refractivity contribution in [1.82, 2.24) is 5.32 Å². The van der Waals surface area contributed by atoms with Crippen molar-refractivity contribution in [2.45, 2.75) is 19.1 Å². The van der Waals surface area contributed by atoms with E-state index in [1.54, 1.807) is 18.2 Å². The van der Waals surface area contributed by atoms with Crippen LogP contribution in [0.15, 0.2) is 48.5 Å². The second-order valence-electron chi connectivity index (χ2n) is 5.63. The molecule has 2 unspecified atom stereocenters. The largest absolute Gasteiger partial charge is 0.508 e. The summed E-state index contributed by atoms with van der Waals surface area (Å²) in [6.07, 6.45) is -0.405. The molecule has 0 saturated carbocycles. The number of aromatic hydroxyl groups is 1. The minimum atomic E-state index is -0.292. The van der Waals surface area contributed by atoms with Gasteiger partial charge < -0.3 is 24.6 Å². The molecule has 0 amide bonds. The SMILES string of the molecule is CCOc1ccc(O)cc1OC(c1ccccc1)C1CNCCO1. The Morgan fingerprint density at radius 2 is 2.04 bits per heavy atom. The highest BCUT2D eigenvalue weighted by atomic mass is 16.6. The molecule has 1 heterocycles. The Kier molecular flexibility index (Phi) is 5.56. The zero-order valence-corrected chi connectivity index (χ0v) is 13.8. The highest BCUT2D eigenvalue weighted by Gasteiger charge is 2.28.